The van der Waals surface area contributed by atoms with Crippen molar-refractivity contribution >= 4 is 21.8 Å². The largest absolute Gasteiger partial charge is 0.436 e. The minimum atomic E-state index is -0.193. The Kier molecular flexibility index (Phi) is 4.32. The van der Waals surface area contributed by atoms with E-state index in [9.17, 15) is 4.79 Å². The number of amides is 1. The van der Waals surface area contributed by atoms with Gasteiger partial charge in [0.25, 0.3) is 5.91 Å². The normalized spacial score (nSPS) is 12.5. The van der Waals surface area contributed by atoms with Gasteiger partial charge in [-0.2, -0.15) is 0 Å². The third kappa shape index (κ3) is 3.66. The van der Waals surface area contributed by atoms with Crippen molar-refractivity contribution in [2.45, 2.75) is 32.0 Å². The predicted octanol–water partition coefficient (Wildman–Crippen LogP) is 2.19. The third-order valence-corrected chi connectivity index (χ3v) is 2.40. The molecule has 1 atom stereocenters. The molecule has 1 aromatic heterocycles. The summed E-state index contributed by atoms with van der Waals surface area (Å²) in [7, 11) is 0. The highest BCUT2D eigenvalue weighted by atomic mass is 79.9. The van der Waals surface area contributed by atoms with Gasteiger partial charge in [0.05, 0.1) is 5.69 Å². The molecular formula is C10H15BrN2O2. The molecule has 1 rings (SSSR count). The van der Waals surface area contributed by atoms with Crippen molar-refractivity contribution in [2.24, 2.45) is 0 Å². The fraction of sp³-hybridized carbons (Fsp3) is 0.600. The van der Waals surface area contributed by atoms with Crippen molar-refractivity contribution in [3.63, 3.8) is 0 Å². The van der Waals surface area contributed by atoms with Crippen LogP contribution in [0.25, 0.3) is 0 Å². The molecule has 0 radical (unpaired) electrons. The molecule has 1 aromatic rings. The van der Waals surface area contributed by atoms with Crippen molar-refractivity contribution in [2.75, 3.05) is 6.54 Å². The standard InChI is InChI=1S/C10H15BrN2O2/c1-6(11)4-5-12-10(14)9-7(2)13-8(3)15-9/h6H,4-5H2,1-3H3,(H,12,14). The first kappa shape index (κ1) is 12.2. The second-order valence-corrected chi connectivity index (χ2v) is 5.04. The highest BCUT2D eigenvalue weighted by molar-refractivity contribution is 9.09. The summed E-state index contributed by atoms with van der Waals surface area (Å²) in [6, 6.07) is 0. The number of aromatic nitrogens is 1. The first-order chi connectivity index (χ1) is 7.00. The average Bonchev–Trinajstić information content (AvgIpc) is 2.44. The molecule has 0 bridgehead atoms. The maximum Gasteiger partial charge on any atom is 0.289 e. The number of nitrogens with zero attached hydrogens (tertiary/aromatic N) is 1. The molecule has 0 aromatic carbocycles. The summed E-state index contributed by atoms with van der Waals surface area (Å²) in [6.07, 6.45) is 0.887. The van der Waals surface area contributed by atoms with E-state index in [1.807, 2.05) is 6.92 Å². The van der Waals surface area contributed by atoms with E-state index in [4.69, 9.17) is 4.42 Å². The minimum Gasteiger partial charge on any atom is -0.436 e. The van der Waals surface area contributed by atoms with Gasteiger partial charge in [-0.15, -0.1) is 0 Å². The summed E-state index contributed by atoms with van der Waals surface area (Å²) in [5.74, 6) is 0.641. The summed E-state index contributed by atoms with van der Waals surface area (Å²) in [5.41, 5.74) is 0.636. The zero-order valence-electron chi connectivity index (χ0n) is 9.13. The predicted molar refractivity (Wildman–Crippen MR) is 61.3 cm³/mol. The molecule has 1 amide bonds. The van der Waals surface area contributed by atoms with Crippen LogP contribution >= 0.6 is 15.9 Å². The molecule has 1 N–H and O–H groups in total. The van der Waals surface area contributed by atoms with E-state index in [2.05, 4.69) is 26.2 Å². The van der Waals surface area contributed by atoms with Crippen LogP contribution < -0.4 is 5.32 Å². The Hall–Kier alpha value is -0.840. The van der Waals surface area contributed by atoms with Crippen LogP contribution in [-0.2, 0) is 0 Å². The smallest absolute Gasteiger partial charge is 0.289 e. The quantitative estimate of drug-likeness (QED) is 0.857. The van der Waals surface area contributed by atoms with Crippen LogP contribution in [0.4, 0.5) is 0 Å². The van der Waals surface area contributed by atoms with Gasteiger partial charge in [0.15, 0.2) is 5.89 Å². The van der Waals surface area contributed by atoms with Gasteiger partial charge in [0, 0.05) is 18.3 Å². The number of oxazole rings is 1. The molecule has 0 saturated carbocycles. The van der Waals surface area contributed by atoms with E-state index >= 15 is 0 Å². The highest BCUT2D eigenvalue weighted by Gasteiger charge is 2.15. The van der Waals surface area contributed by atoms with Crippen LogP contribution in [0, 0.1) is 13.8 Å². The lowest BCUT2D eigenvalue weighted by Crippen LogP contribution is -2.25. The molecule has 0 fully saturated rings. The van der Waals surface area contributed by atoms with Gasteiger partial charge < -0.3 is 9.73 Å². The van der Waals surface area contributed by atoms with E-state index in [0.717, 1.165) is 6.42 Å². The van der Waals surface area contributed by atoms with Crippen LogP contribution in [0.5, 0.6) is 0 Å². The monoisotopic (exact) mass is 274 g/mol. The topological polar surface area (TPSA) is 55.1 Å². The number of halogens is 1. The first-order valence-corrected chi connectivity index (χ1v) is 5.78. The maximum absolute atomic E-state index is 11.6. The number of carbonyl (C=O) groups is 1. The number of hydrogen-bond acceptors (Lipinski definition) is 3. The third-order valence-electron chi connectivity index (χ3n) is 1.94. The fourth-order valence-corrected chi connectivity index (χ4v) is 1.44. The van der Waals surface area contributed by atoms with Gasteiger partial charge >= 0.3 is 0 Å². The van der Waals surface area contributed by atoms with Crippen molar-refractivity contribution < 1.29 is 9.21 Å². The van der Waals surface area contributed by atoms with Crippen molar-refractivity contribution in [1.29, 1.82) is 0 Å². The summed E-state index contributed by atoms with van der Waals surface area (Å²) < 4.78 is 5.20. The number of carbonyl (C=O) groups excluding carboxylic acids is 1. The molecule has 5 heteroatoms. The molecule has 0 aliphatic heterocycles. The van der Waals surface area contributed by atoms with Gasteiger partial charge in [-0.05, 0) is 13.3 Å². The van der Waals surface area contributed by atoms with Crippen molar-refractivity contribution in [3.8, 4) is 0 Å². The second-order valence-electron chi connectivity index (χ2n) is 3.47. The second kappa shape index (κ2) is 5.30. The summed E-state index contributed by atoms with van der Waals surface area (Å²) in [6.45, 7) is 6.16. The maximum atomic E-state index is 11.6. The summed E-state index contributed by atoms with van der Waals surface area (Å²) in [4.78, 5) is 16.0. The van der Waals surface area contributed by atoms with E-state index in [1.165, 1.54) is 0 Å². The molecule has 0 aliphatic rings. The zero-order valence-corrected chi connectivity index (χ0v) is 10.7. The Bertz CT molecular complexity index is 347. The van der Waals surface area contributed by atoms with Crippen LogP contribution in [-0.4, -0.2) is 22.3 Å². The summed E-state index contributed by atoms with van der Waals surface area (Å²) >= 11 is 3.41. The number of rotatable bonds is 4. The van der Waals surface area contributed by atoms with Gasteiger partial charge in [0.1, 0.15) is 0 Å². The first-order valence-electron chi connectivity index (χ1n) is 4.87. The zero-order chi connectivity index (χ0) is 11.4. The Labute approximate surface area is 97.6 Å². The number of alkyl halides is 1. The van der Waals surface area contributed by atoms with Gasteiger partial charge in [-0.3, -0.25) is 4.79 Å². The molecule has 1 heterocycles. The van der Waals surface area contributed by atoms with Gasteiger partial charge in [0.2, 0.25) is 5.76 Å². The molecule has 84 valence electrons. The van der Waals surface area contributed by atoms with Crippen LogP contribution in [0.15, 0.2) is 4.42 Å². The van der Waals surface area contributed by atoms with E-state index < -0.39 is 0 Å². The summed E-state index contributed by atoms with van der Waals surface area (Å²) in [5, 5.41) is 2.78. The van der Waals surface area contributed by atoms with Crippen LogP contribution in [0.2, 0.25) is 0 Å². The number of aryl methyl sites for hydroxylation is 2. The molecule has 15 heavy (non-hydrogen) atoms. The van der Waals surface area contributed by atoms with E-state index in [-0.39, 0.29) is 5.91 Å². The highest BCUT2D eigenvalue weighted by Crippen LogP contribution is 2.09. The van der Waals surface area contributed by atoms with Crippen LogP contribution in [0.3, 0.4) is 0 Å². The Balaban J connectivity index is 2.50. The van der Waals surface area contributed by atoms with Crippen molar-refractivity contribution in [3.05, 3.63) is 17.3 Å². The number of hydrogen-bond donors (Lipinski definition) is 1. The number of nitrogens with one attached hydrogen (secondary N) is 1. The Morgan fingerprint density at radius 3 is 2.73 bits per heavy atom. The Morgan fingerprint density at radius 1 is 1.60 bits per heavy atom. The van der Waals surface area contributed by atoms with Crippen molar-refractivity contribution in [1.82, 2.24) is 10.3 Å². The Morgan fingerprint density at radius 2 is 2.27 bits per heavy atom. The molecule has 4 nitrogen and oxygen atoms in total. The van der Waals surface area contributed by atoms with E-state index in [0.29, 0.717) is 28.7 Å². The van der Waals surface area contributed by atoms with Gasteiger partial charge in [-0.1, -0.05) is 22.9 Å². The molecule has 0 saturated heterocycles. The molecular weight excluding hydrogens is 260 g/mol. The molecule has 0 spiro atoms. The van der Waals surface area contributed by atoms with Crippen LogP contribution in [0.1, 0.15) is 35.5 Å². The molecule has 1 unspecified atom stereocenters. The fourth-order valence-electron chi connectivity index (χ4n) is 1.21. The molecule has 0 aliphatic carbocycles. The lowest BCUT2D eigenvalue weighted by molar-refractivity contribution is 0.0923. The SMILES string of the molecule is Cc1nc(C)c(C(=O)NCCC(C)Br)o1. The van der Waals surface area contributed by atoms with E-state index in [1.54, 1.807) is 13.8 Å². The lowest BCUT2D eigenvalue weighted by atomic mass is 10.3. The lowest BCUT2D eigenvalue weighted by Gasteiger charge is -2.04. The van der Waals surface area contributed by atoms with Gasteiger partial charge in [-0.25, -0.2) is 4.98 Å². The average molecular weight is 275 g/mol. The minimum absolute atomic E-state index is 0.193.